The number of piperazine rings is 1. The summed E-state index contributed by atoms with van der Waals surface area (Å²) >= 11 is 6.11. The van der Waals surface area contributed by atoms with Crippen LogP contribution < -0.4 is 15.1 Å². The average molecular weight is 308 g/mol. The molecule has 3 heterocycles. The fourth-order valence-corrected chi connectivity index (χ4v) is 2.78. The van der Waals surface area contributed by atoms with Crippen LogP contribution in [0.1, 0.15) is 0 Å². The smallest absolute Gasteiger partial charge is 0.157 e. The lowest BCUT2D eigenvalue weighted by molar-refractivity contribution is 0.647. The zero-order valence-electron chi connectivity index (χ0n) is 12.1. The third-order valence-electron chi connectivity index (χ3n) is 3.67. The van der Waals surface area contributed by atoms with Crippen molar-refractivity contribution in [2.24, 2.45) is 7.05 Å². The SMILES string of the molecule is CNc1c(Cl)ncnc1N1CCN(c2cnn(C)c2)CC1. The Balaban J connectivity index is 1.73. The first-order valence-electron chi connectivity index (χ1n) is 6.86. The van der Waals surface area contributed by atoms with E-state index in [0.29, 0.717) is 5.15 Å². The Kier molecular flexibility index (Phi) is 3.83. The number of anilines is 3. The maximum atomic E-state index is 6.11. The van der Waals surface area contributed by atoms with Gasteiger partial charge in [0, 0.05) is 46.5 Å². The fourth-order valence-electron chi connectivity index (χ4n) is 2.56. The summed E-state index contributed by atoms with van der Waals surface area (Å²) in [6, 6.07) is 0. The van der Waals surface area contributed by atoms with E-state index in [-0.39, 0.29) is 0 Å². The van der Waals surface area contributed by atoms with E-state index in [1.54, 1.807) is 0 Å². The predicted molar refractivity (Wildman–Crippen MR) is 84.2 cm³/mol. The molecule has 7 nitrogen and oxygen atoms in total. The minimum absolute atomic E-state index is 0.456. The van der Waals surface area contributed by atoms with Crippen LogP contribution in [0.25, 0.3) is 0 Å². The Morgan fingerprint density at radius 1 is 1.14 bits per heavy atom. The van der Waals surface area contributed by atoms with Crippen molar-refractivity contribution in [1.29, 1.82) is 0 Å². The van der Waals surface area contributed by atoms with Crippen molar-refractivity contribution < 1.29 is 0 Å². The zero-order valence-corrected chi connectivity index (χ0v) is 12.9. The van der Waals surface area contributed by atoms with Gasteiger partial charge in [0.25, 0.3) is 0 Å². The highest BCUT2D eigenvalue weighted by Gasteiger charge is 2.22. The summed E-state index contributed by atoms with van der Waals surface area (Å²) in [5.41, 5.74) is 1.95. The van der Waals surface area contributed by atoms with Gasteiger partial charge in [0.1, 0.15) is 12.0 Å². The molecule has 2 aromatic heterocycles. The van der Waals surface area contributed by atoms with Gasteiger partial charge in [0.05, 0.1) is 11.9 Å². The molecule has 0 aliphatic carbocycles. The third-order valence-corrected chi connectivity index (χ3v) is 3.95. The average Bonchev–Trinajstić information content (AvgIpc) is 2.94. The second-order valence-electron chi connectivity index (χ2n) is 4.96. The number of nitrogens with one attached hydrogen (secondary N) is 1. The highest BCUT2D eigenvalue weighted by atomic mass is 35.5. The van der Waals surface area contributed by atoms with Crippen LogP contribution in [0.3, 0.4) is 0 Å². The quantitative estimate of drug-likeness (QED) is 0.861. The van der Waals surface area contributed by atoms with E-state index in [0.717, 1.165) is 43.4 Å². The van der Waals surface area contributed by atoms with Crippen LogP contribution in [0.4, 0.5) is 17.2 Å². The summed E-state index contributed by atoms with van der Waals surface area (Å²) < 4.78 is 1.82. The molecule has 112 valence electrons. The Morgan fingerprint density at radius 2 is 1.86 bits per heavy atom. The standard InChI is InChI=1S/C13H18ClN7/c1-15-11-12(14)16-9-17-13(11)21-5-3-20(4-6-21)10-7-18-19(2)8-10/h7-9,15H,3-6H2,1-2H3. The monoisotopic (exact) mass is 307 g/mol. The third kappa shape index (κ3) is 2.73. The molecule has 1 fully saturated rings. The number of hydrogen-bond acceptors (Lipinski definition) is 6. The summed E-state index contributed by atoms with van der Waals surface area (Å²) in [6.07, 6.45) is 5.44. The summed E-state index contributed by atoms with van der Waals surface area (Å²) in [5.74, 6) is 0.864. The second kappa shape index (κ2) is 5.77. The maximum Gasteiger partial charge on any atom is 0.157 e. The summed E-state index contributed by atoms with van der Waals surface area (Å²) in [5, 5.41) is 7.76. The van der Waals surface area contributed by atoms with Crippen molar-refractivity contribution in [1.82, 2.24) is 19.7 Å². The maximum absolute atomic E-state index is 6.11. The first kappa shape index (κ1) is 13.9. The first-order valence-corrected chi connectivity index (χ1v) is 7.23. The number of aryl methyl sites for hydroxylation is 1. The van der Waals surface area contributed by atoms with Gasteiger partial charge in [-0.25, -0.2) is 9.97 Å². The number of hydrogen-bond donors (Lipinski definition) is 1. The lowest BCUT2D eigenvalue weighted by Gasteiger charge is -2.36. The minimum Gasteiger partial charge on any atom is -0.383 e. The van der Waals surface area contributed by atoms with E-state index < -0.39 is 0 Å². The van der Waals surface area contributed by atoms with Crippen molar-refractivity contribution in [2.75, 3.05) is 48.3 Å². The summed E-state index contributed by atoms with van der Waals surface area (Å²) in [4.78, 5) is 12.9. The predicted octanol–water partition coefficient (Wildman–Crippen LogP) is 1.23. The molecule has 1 aliphatic rings. The van der Waals surface area contributed by atoms with Crippen molar-refractivity contribution in [3.8, 4) is 0 Å². The highest BCUT2D eigenvalue weighted by Crippen LogP contribution is 2.29. The summed E-state index contributed by atoms with van der Waals surface area (Å²) in [6.45, 7) is 3.63. The second-order valence-corrected chi connectivity index (χ2v) is 5.32. The van der Waals surface area contributed by atoms with Gasteiger partial charge in [-0.1, -0.05) is 11.6 Å². The van der Waals surface area contributed by atoms with Crippen LogP contribution in [0.15, 0.2) is 18.7 Å². The molecule has 0 amide bonds. The number of halogens is 1. The largest absolute Gasteiger partial charge is 0.383 e. The molecule has 0 spiro atoms. The van der Waals surface area contributed by atoms with Gasteiger partial charge in [-0.3, -0.25) is 4.68 Å². The molecule has 0 unspecified atom stereocenters. The topological polar surface area (TPSA) is 62.1 Å². The molecule has 1 saturated heterocycles. The molecule has 0 radical (unpaired) electrons. The normalized spacial score (nSPS) is 15.4. The lowest BCUT2D eigenvalue weighted by atomic mass is 10.3. The molecule has 3 rings (SSSR count). The summed E-state index contributed by atoms with van der Waals surface area (Å²) in [7, 11) is 3.77. The molecule has 21 heavy (non-hydrogen) atoms. The fraction of sp³-hybridized carbons (Fsp3) is 0.462. The van der Waals surface area contributed by atoms with E-state index in [9.17, 15) is 0 Å². The number of nitrogens with zero attached hydrogens (tertiary/aromatic N) is 6. The van der Waals surface area contributed by atoms with E-state index in [1.807, 2.05) is 31.2 Å². The van der Waals surface area contributed by atoms with Crippen LogP contribution in [0, 0.1) is 0 Å². The molecule has 8 heteroatoms. The van der Waals surface area contributed by atoms with Gasteiger partial charge in [-0.2, -0.15) is 5.10 Å². The Morgan fingerprint density at radius 3 is 2.48 bits per heavy atom. The van der Waals surface area contributed by atoms with Gasteiger partial charge in [-0.05, 0) is 0 Å². The Labute approximate surface area is 128 Å². The van der Waals surface area contributed by atoms with E-state index in [2.05, 4.69) is 30.2 Å². The van der Waals surface area contributed by atoms with E-state index in [4.69, 9.17) is 11.6 Å². The molecule has 0 atom stereocenters. The van der Waals surface area contributed by atoms with Crippen LogP contribution in [0.2, 0.25) is 5.15 Å². The molecule has 0 aromatic carbocycles. The van der Waals surface area contributed by atoms with Crippen LogP contribution >= 0.6 is 11.6 Å². The van der Waals surface area contributed by atoms with Gasteiger partial charge in [-0.15, -0.1) is 0 Å². The molecule has 0 saturated carbocycles. The zero-order chi connectivity index (χ0) is 14.8. The van der Waals surface area contributed by atoms with Crippen molar-refractivity contribution in [3.05, 3.63) is 23.9 Å². The first-order chi connectivity index (χ1) is 10.2. The molecule has 0 bridgehead atoms. The minimum atomic E-state index is 0.456. The number of aromatic nitrogens is 4. The lowest BCUT2D eigenvalue weighted by Crippen LogP contribution is -2.47. The highest BCUT2D eigenvalue weighted by molar-refractivity contribution is 6.32. The molecule has 2 aromatic rings. The van der Waals surface area contributed by atoms with Crippen LogP contribution in [-0.4, -0.2) is 53.0 Å². The van der Waals surface area contributed by atoms with E-state index >= 15 is 0 Å². The molecular weight excluding hydrogens is 290 g/mol. The van der Waals surface area contributed by atoms with Gasteiger partial charge in [0.2, 0.25) is 0 Å². The Hall–Kier alpha value is -2.02. The van der Waals surface area contributed by atoms with Gasteiger partial charge in [0.15, 0.2) is 11.0 Å². The van der Waals surface area contributed by atoms with Crippen molar-refractivity contribution >= 4 is 28.8 Å². The molecular formula is C13H18ClN7. The Bertz CT molecular complexity index is 619. The van der Waals surface area contributed by atoms with E-state index in [1.165, 1.54) is 6.33 Å². The van der Waals surface area contributed by atoms with Gasteiger partial charge < -0.3 is 15.1 Å². The van der Waals surface area contributed by atoms with Crippen LogP contribution in [0.5, 0.6) is 0 Å². The van der Waals surface area contributed by atoms with Crippen LogP contribution in [-0.2, 0) is 7.05 Å². The van der Waals surface area contributed by atoms with Crippen molar-refractivity contribution in [3.63, 3.8) is 0 Å². The molecule has 1 aliphatic heterocycles. The van der Waals surface area contributed by atoms with Crippen molar-refractivity contribution in [2.45, 2.75) is 0 Å². The van der Waals surface area contributed by atoms with Gasteiger partial charge >= 0.3 is 0 Å². The molecule has 1 N–H and O–H groups in total. The number of rotatable bonds is 3.